The first-order valence-electron chi connectivity index (χ1n) is 4.16. The zero-order chi connectivity index (χ0) is 9.19. The van der Waals surface area contributed by atoms with Crippen LogP contribution in [0, 0.1) is 5.92 Å². The Labute approximate surface area is 71.7 Å². The fourth-order valence-corrected chi connectivity index (χ4v) is 0.717. The first-order valence-corrected chi connectivity index (χ1v) is 4.16. The summed E-state index contributed by atoms with van der Waals surface area (Å²) in [4.78, 5) is 11.1. The summed E-state index contributed by atoms with van der Waals surface area (Å²) in [7, 11) is 0. The Morgan fingerprint density at radius 3 is 2.75 bits per heavy atom. The Hall–Kier alpha value is -0.610. The fraction of sp³-hybridized carbons (Fsp3) is 0.875. The summed E-state index contributed by atoms with van der Waals surface area (Å²) in [6.45, 7) is 1.69. The van der Waals surface area contributed by atoms with Crippen LogP contribution in [0.25, 0.3) is 0 Å². The van der Waals surface area contributed by atoms with E-state index < -0.39 is 11.6 Å². The van der Waals surface area contributed by atoms with E-state index in [1.54, 1.807) is 0 Å². The van der Waals surface area contributed by atoms with Crippen molar-refractivity contribution in [3.05, 3.63) is 0 Å². The summed E-state index contributed by atoms with van der Waals surface area (Å²) in [5.41, 5.74) is 3.66. The lowest BCUT2D eigenvalue weighted by molar-refractivity contribution is -0.163. The number of rotatable bonds is 4. The monoisotopic (exact) mass is 173 g/mol. The van der Waals surface area contributed by atoms with E-state index in [0.29, 0.717) is 12.5 Å². The topological polar surface area (TPSA) is 72.5 Å². The molecule has 0 spiro atoms. The van der Waals surface area contributed by atoms with Crippen LogP contribution >= 0.6 is 0 Å². The van der Waals surface area contributed by atoms with Gasteiger partial charge in [0.05, 0.1) is 6.61 Å². The van der Waals surface area contributed by atoms with Gasteiger partial charge in [0, 0.05) is 6.54 Å². The molecule has 0 radical (unpaired) electrons. The normalized spacial score (nSPS) is 21.6. The Morgan fingerprint density at radius 1 is 1.75 bits per heavy atom. The summed E-state index contributed by atoms with van der Waals surface area (Å²) < 4.78 is 4.85. The number of nitrogens with two attached hydrogens (primary N) is 1. The number of hydrogen-bond acceptors (Lipinski definition) is 4. The van der Waals surface area contributed by atoms with Crippen LogP contribution in [-0.2, 0) is 9.53 Å². The van der Waals surface area contributed by atoms with E-state index >= 15 is 0 Å². The van der Waals surface area contributed by atoms with Crippen LogP contribution in [-0.4, -0.2) is 29.8 Å². The molecule has 0 aromatic rings. The largest absolute Gasteiger partial charge is 0.463 e. The number of aliphatic hydroxyl groups is 1. The molecule has 0 saturated heterocycles. The molecular formula is C8H15NO3. The lowest BCUT2D eigenvalue weighted by Crippen LogP contribution is -2.44. The number of hydrogen-bond donors (Lipinski definition) is 2. The van der Waals surface area contributed by atoms with Crippen molar-refractivity contribution in [2.45, 2.75) is 25.4 Å². The number of ether oxygens (including phenoxy) is 1. The third-order valence-corrected chi connectivity index (χ3v) is 1.98. The van der Waals surface area contributed by atoms with E-state index in [-0.39, 0.29) is 6.54 Å². The molecule has 1 unspecified atom stereocenters. The van der Waals surface area contributed by atoms with E-state index in [0.717, 1.165) is 12.8 Å². The summed E-state index contributed by atoms with van der Waals surface area (Å²) >= 11 is 0. The SMILES string of the molecule is CC(O)(CN)C(=O)OCC1CC1. The molecule has 1 rings (SSSR count). The lowest BCUT2D eigenvalue weighted by atomic mass is 10.1. The van der Waals surface area contributed by atoms with Crippen molar-refractivity contribution in [2.24, 2.45) is 11.7 Å². The van der Waals surface area contributed by atoms with Gasteiger partial charge in [0.1, 0.15) is 0 Å². The maximum atomic E-state index is 11.1. The maximum Gasteiger partial charge on any atom is 0.339 e. The van der Waals surface area contributed by atoms with Crippen LogP contribution in [0.3, 0.4) is 0 Å². The van der Waals surface area contributed by atoms with Gasteiger partial charge in [-0.2, -0.15) is 0 Å². The van der Waals surface area contributed by atoms with Gasteiger partial charge >= 0.3 is 5.97 Å². The molecule has 0 aromatic heterocycles. The number of esters is 1. The first kappa shape index (κ1) is 9.48. The maximum absolute atomic E-state index is 11.1. The minimum absolute atomic E-state index is 0.101. The summed E-state index contributed by atoms with van der Waals surface area (Å²) in [6, 6.07) is 0. The molecule has 0 bridgehead atoms. The van der Waals surface area contributed by atoms with E-state index in [2.05, 4.69) is 0 Å². The first-order chi connectivity index (χ1) is 5.56. The molecule has 1 fully saturated rings. The number of carbonyl (C=O) groups is 1. The highest BCUT2D eigenvalue weighted by atomic mass is 16.5. The average molecular weight is 173 g/mol. The highest BCUT2D eigenvalue weighted by Gasteiger charge is 2.32. The highest BCUT2D eigenvalue weighted by Crippen LogP contribution is 2.29. The minimum atomic E-state index is -1.52. The van der Waals surface area contributed by atoms with Gasteiger partial charge < -0.3 is 15.6 Å². The van der Waals surface area contributed by atoms with Crippen molar-refractivity contribution in [2.75, 3.05) is 13.2 Å². The van der Waals surface area contributed by atoms with Gasteiger partial charge in [-0.25, -0.2) is 4.79 Å². The molecule has 0 aliphatic heterocycles. The van der Waals surface area contributed by atoms with Crippen LogP contribution in [0.2, 0.25) is 0 Å². The van der Waals surface area contributed by atoms with Crippen LogP contribution in [0.15, 0.2) is 0 Å². The predicted octanol–water partition coefficient (Wildman–Crippen LogP) is -0.351. The third-order valence-electron chi connectivity index (χ3n) is 1.98. The molecule has 1 saturated carbocycles. The molecule has 1 aliphatic rings. The Bertz CT molecular complexity index is 175. The molecule has 70 valence electrons. The number of carbonyl (C=O) groups excluding carboxylic acids is 1. The molecule has 1 atom stereocenters. The minimum Gasteiger partial charge on any atom is -0.463 e. The van der Waals surface area contributed by atoms with Crippen LogP contribution in [0.5, 0.6) is 0 Å². The lowest BCUT2D eigenvalue weighted by Gasteiger charge is -2.18. The smallest absolute Gasteiger partial charge is 0.339 e. The molecule has 0 amide bonds. The highest BCUT2D eigenvalue weighted by molar-refractivity contribution is 5.79. The summed E-state index contributed by atoms with van der Waals surface area (Å²) in [6.07, 6.45) is 2.25. The second-order valence-electron chi connectivity index (χ2n) is 3.52. The van der Waals surface area contributed by atoms with Gasteiger partial charge in [0.2, 0.25) is 0 Å². The van der Waals surface area contributed by atoms with Crippen molar-refractivity contribution in [3.8, 4) is 0 Å². The van der Waals surface area contributed by atoms with Crippen molar-refractivity contribution in [1.29, 1.82) is 0 Å². The summed E-state index contributed by atoms with van der Waals surface area (Å²) in [5.74, 6) is -0.0978. The molecule has 1 aliphatic carbocycles. The van der Waals surface area contributed by atoms with Gasteiger partial charge in [0.25, 0.3) is 0 Å². The van der Waals surface area contributed by atoms with Gasteiger partial charge in [-0.05, 0) is 25.7 Å². The van der Waals surface area contributed by atoms with Crippen molar-refractivity contribution in [1.82, 2.24) is 0 Å². The quantitative estimate of drug-likeness (QED) is 0.570. The second-order valence-corrected chi connectivity index (χ2v) is 3.52. The standard InChI is InChI=1S/C8H15NO3/c1-8(11,5-9)7(10)12-4-6-2-3-6/h6,11H,2-5,9H2,1H3. The van der Waals surface area contributed by atoms with Crippen molar-refractivity contribution >= 4 is 5.97 Å². The van der Waals surface area contributed by atoms with Crippen LogP contribution in [0.1, 0.15) is 19.8 Å². The van der Waals surface area contributed by atoms with E-state index in [1.165, 1.54) is 6.92 Å². The Morgan fingerprint density at radius 2 is 2.33 bits per heavy atom. The van der Waals surface area contributed by atoms with E-state index in [9.17, 15) is 9.90 Å². The molecule has 3 N–H and O–H groups in total. The fourth-order valence-electron chi connectivity index (χ4n) is 0.717. The predicted molar refractivity (Wildman–Crippen MR) is 43.4 cm³/mol. The molecule has 12 heavy (non-hydrogen) atoms. The van der Waals surface area contributed by atoms with Gasteiger partial charge in [0.15, 0.2) is 5.60 Å². The van der Waals surface area contributed by atoms with Gasteiger partial charge in [-0.3, -0.25) is 0 Å². The van der Waals surface area contributed by atoms with Crippen molar-refractivity contribution < 1.29 is 14.6 Å². The molecule has 4 heteroatoms. The van der Waals surface area contributed by atoms with Gasteiger partial charge in [-0.15, -0.1) is 0 Å². The molecular weight excluding hydrogens is 158 g/mol. The zero-order valence-electron chi connectivity index (χ0n) is 7.25. The Balaban J connectivity index is 2.25. The molecule has 0 heterocycles. The second kappa shape index (κ2) is 3.41. The van der Waals surface area contributed by atoms with Crippen LogP contribution in [0.4, 0.5) is 0 Å². The van der Waals surface area contributed by atoms with E-state index in [4.69, 9.17) is 10.5 Å². The molecule has 4 nitrogen and oxygen atoms in total. The zero-order valence-corrected chi connectivity index (χ0v) is 7.25. The summed E-state index contributed by atoms with van der Waals surface area (Å²) in [5, 5.41) is 9.33. The molecule has 0 aromatic carbocycles. The van der Waals surface area contributed by atoms with Gasteiger partial charge in [-0.1, -0.05) is 0 Å². The third kappa shape index (κ3) is 2.46. The van der Waals surface area contributed by atoms with Crippen molar-refractivity contribution in [3.63, 3.8) is 0 Å². The average Bonchev–Trinajstić information content (AvgIpc) is 2.83. The van der Waals surface area contributed by atoms with Crippen LogP contribution < -0.4 is 5.73 Å². The van der Waals surface area contributed by atoms with E-state index in [1.807, 2.05) is 0 Å². The Kier molecular flexibility index (Phi) is 2.69.